The number of hydrogen-bond acceptors (Lipinski definition) is 2. The highest BCUT2D eigenvalue weighted by atomic mass is 19.1. The van der Waals surface area contributed by atoms with Crippen molar-refractivity contribution in [2.75, 3.05) is 9.80 Å². The van der Waals surface area contributed by atoms with Crippen molar-refractivity contribution in [3.8, 4) is 22.3 Å². The molecule has 0 saturated heterocycles. The first-order valence-corrected chi connectivity index (χ1v) is 18.0. The van der Waals surface area contributed by atoms with E-state index in [0.29, 0.717) is 0 Å². The van der Waals surface area contributed by atoms with Crippen LogP contribution in [0.15, 0.2) is 206 Å². The van der Waals surface area contributed by atoms with Gasteiger partial charge in [-0.15, -0.1) is 0 Å². The Morgan fingerprint density at radius 3 is 1.15 bits per heavy atom. The largest absolute Gasteiger partial charge is 0.311 e. The Labute approximate surface area is 313 Å². The summed E-state index contributed by atoms with van der Waals surface area (Å²) in [4.78, 5) is 4.54. The van der Waals surface area contributed by atoms with Crippen LogP contribution in [0.5, 0.6) is 0 Å². The molecule has 0 amide bonds. The second kappa shape index (κ2) is 14.2. The first-order chi connectivity index (χ1) is 26.6. The predicted molar refractivity (Wildman–Crippen MR) is 222 cm³/mol. The van der Waals surface area contributed by atoms with Gasteiger partial charge in [-0.25, -0.2) is 8.78 Å². The molecule has 0 fully saturated rings. The van der Waals surface area contributed by atoms with Crippen molar-refractivity contribution in [1.29, 1.82) is 0 Å². The summed E-state index contributed by atoms with van der Waals surface area (Å²) in [6, 6.07) is 67.9. The van der Waals surface area contributed by atoms with Gasteiger partial charge in [0.05, 0.1) is 5.69 Å². The van der Waals surface area contributed by atoms with Crippen molar-refractivity contribution < 1.29 is 8.78 Å². The van der Waals surface area contributed by atoms with E-state index in [2.05, 4.69) is 137 Å². The van der Waals surface area contributed by atoms with Crippen molar-refractivity contribution in [1.82, 2.24) is 0 Å². The molecule has 0 radical (unpaired) electrons. The third-order valence-electron chi connectivity index (χ3n) is 9.94. The molecule has 0 atom stereocenters. The van der Waals surface area contributed by atoms with Gasteiger partial charge in [0.1, 0.15) is 11.6 Å². The number of anilines is 6. The van der Waals surface area contributed by atoms with Crippen LogP contribution in [0.2, 0.25) is 0 Å². The molecule has 9 rings (SSSR count). The van der Waals surface area contributed by atoms with E-state index in [9.17, 15) is 8.78 Å². The lowest BCUT2D eigenvalue weighted by molar-refractivity contribution is 0.627. The molecule has 0 heterocycles. The lowest BCUT2D eigenvalue weighted by Crippen LogP contribution is -2.12. The number of benzene rings is 9. The molecular weight excluding hydrogens is 667 g/mol. The summed E-state index contributed by atoms with van der Waals surface area (Å²) in [7, 11) is 0. The zero-order valence-electron chi connectivity index (χ0n) is 29.3. The van der Waals surface area contributed by atoms with Gasteiger partial charge in [-0.05, 0) is 129 Å². The summed E-state index contributed by atoms with van der Waals surface area (Å²) < 4.78 is 28.8. The normalized spacial score (nSPS) is 11.1. The van der Waals surface area contributed by atoms with E-state index < -0.39 is 0 Å². The first-order valence-electron chi connectivity index (χ1n) is 18.0. The summed E-state index contributed by atoms with van der Waals surface area (Å²) in [5.74, 6) is -0.575. The fourth-order valence-corrected chi connectivity index (χ4v) is 7.60. The van der Waals surface area contributed by atoms with Crippen LogP contribution in [0, 0.1) is 11.6 Å². The van der Waals surface area contributed by atoms with Crippen molar-refractivity contribution in [2.45, 2.75) is 0 Å². The molecule has 9 aromatic rings. The minimum absolute atomic E-state index is 0.284. The molecule has 9 aromatic carbocycles. The standard InChI is InChI=1S/C50H34F2N2/c51-37-27-23-35(24-28-37)48-44-19-10-11-20-45(44)49(36-25-29-38(52)30-26-36)50-46(48)21-12-22-47(50)54(41-17-8-3-9-18-41)43-33-31-42(32-34-43)53(39-13-4-1-5-14-39)40-15-6-2-7-16-40/h1-34H. The van der Waals surface area contributed by atoms with Crippen LogP contribution in [0.25, 0.3) is 43.8 Å². The molecule has 0 bridgehead atoms. The maximum Gasteiger partial charge on any atom is 0.123 e. The highest BCUT2D eigenvalue weighted by molar-refractivity contribution is 6.25. The van der Waals surface area contributed by atoms with Gasteiger partial charge < -0.3 is 9.80 Å². The van der Waals surface area contributed by atoms with Gasteiger partial charge in [0.25, 0.3) is 0 Å². The Balaban J connectivity index is 1.32. The van der Waals surface area contributed by atoms with Gasteiger partial charge in [-0.1, -0.05) is 115 Å². The summed E-state index contributed by atoms with van der Waals surface area (Å²) in [5.41, 5.74) is 9.91. The first kappa shape index (κ1) is 32.8. The van der Waals surface area contributed by atoms with Gasteiger partial charge in [-0.3, -0.25) is 0 Å². The van der Waals surface area contributed by atoms with Crippen LogP contribution in [0.4, 0.5) is 42.9 Å². The van der Waals surface area contributed by atoms with E-state index in [0.717, 1.165) is 77.9 Å². The van der Waals surface area contributed by atoms with E-state index >= 15 is 0 Å². The summed E-state index contributed by atoms with van der Waals surface area (Å²) in [6.07, 6.45) is 0. The van der Waals surface area contributed by atoms with E-state index in [1.807, 2.05) is 54.6 Å². The van der Waals surface area contributed by atoms with Crippen molar-refractivity contribution in [3.05, 3.63) is 218 Å². The van der Waals surface area contributed by atoms with Crippen LogP contribution in [0.1, 0.15) is 0 Å². The zero-order valence-corrected chi connectivity index (χ0v) is 29.3. The Kier molecular flexibility index (Phi) is 8.62. The topological polar surface area (TPSA) is 6.48 Å². The highest BCUT2D eigenvalue weighted by Crippen LogP contribution is 2.50. The number of halogens is 2. The van der Waals surface area contributed by atoms with Crippen molar-refractivity contribution in [3.63, 3.8) is 0 Å². The van der Waals surface area contributed by atoms with E-state index in [1.165, 1.54) is 24.3 Å². The van der Waals surface area contributed by atoms with Gasteiger partial charge in [0.2, 0.25) is 0 Å². The smallest absolute Gasteiger partial charge is 0.123 e. The average molecular weight is 701 g/mol. The van der Waals surface area contributed by atoms with Crippen molar-refractivity contribution in [2.24, 2.45) is 0 Å². The molecule has 0 N–H and O–H groups in total. The predicted octanol–water partition coefficient (Wildman–Crippen LogP) is 14.5. The Morgan fingerprint density at radius 1 is 0.278 bits per heavy atom. The molecule has 0 spiro atoms. The quantitative estimate of drug-likeness (QED) is 0.146. The summed E-state index contributed by atoms with van der Waals surface area (Å²) in [6.45, 7) is 0. The van der Waals surface area contributed by atoms with Crippen molar-refractivity contribution >= 4 is 55.7 Å². The SMILES string of the molecule is Fc1ccc(-c2c3ccccc3c(-c3ccc(F)cc3)c3c(N(c4ccccc4)c4ccc(N(c5ccccc5)c5ccccc5)cc4)cccc23)cc1. The van der Waals surface area contributed by atoms with Gasteiger partial charge >= 0.3 is 0 Å². The van der Waals surface area contributed by atoms with Crippen LogP contribution in [0.3, 0.4) is 0 Å². The minimum atomic E-state index is -0.290. The average Bonchev–Trinajstić information content (AvgIpc) is 3.23. The summed E-state index contributed by atoms with van der Waals surface area (Å²) in [5, 5.41) is 4.07. The van der Waals surface area contributed by atoms with Crippen LogP contribution in [-0.4, -0.2) is 0 Å². The third kappa shape index (κ3) is 6.04. The Bertz CT molecular complexity index is 2660. The molecule has 4 heteroatoms. The van der Waals surface area contributed by atoms with Gasteiger partial charge in [0, 0.05) is 33.8 Å². The number of para-hydroxylation sites is 3. The number of hydrogen-bond donors (Lipinski definition) is 0. The fraction of sp³-hybridized carbons (Fsp3) is 0. The van der Waals surface area contributed by atoms with Gasteiger partial charge in [0.15, 0.2) is 0 Å². The molecule has 0 aliphatic heterocycles. The monoisotopic (exact) mass is 700 g/mol. The molecule has 258 valence electrons. The number of rotatable bonds is 8. The molecule has 0 unspecified atom stereocenters. The zero-order chi connectivity index (χ0) is 36.4. The van der Waals surface area contributed by atoms with Gasteiger partial charge in [-0.2, -0.15) is 0 Å². The lowest BCUT2D eigenvalue weighted by Gasteiger charge is -2.30. The second-order valence-corrected chi connectivity index (χ2v) is 13.2. The minimum Gasteiger partial charge on any atom is -0.311 e. The van der Waals surface area contributed by atoms with E-state index in [-0.39, 0.29) is 11.6 Å². The summed E-state index contributed by atoms with van der Waals surface area (Å²) >= 11 is 0. The van der Waals surface area contributed by atoms with E-state index in [1.54, 1.807) is 0 Å². The third-order valence-corrected chi connectivity index (χ3v) is 9.94. The molecule has 0 aliphatic carbocycles. The maximum atomic E-state index is 14.5. The second-order valence-electron chi connectivity index (χ2n) is 13.2. The molecule has 0 saturated carbocycles. The Morgan fingerprint density at radius 2 is 0.648 bits per heavy atom. The highest BCUT2D eigenvalue weighted by Gasteiger charge is 2.23. The maximum absolute atomic E-state index is 14.5. The fourth-order valence-electron chi connectivity index (χ4n) is 7.60. The molecule has 0 aromatic heterocycles. The van der Waals surface area contributed by atoms with Crippen LogP contribution >= 0.6 is 0 Å². The van der Waals surface area contributed by atoms with Crippen LogP contribution < -0.4 is 9.80 Å². The van der Waals surface area contributed by atoms with E-state index in [4.69, 9.17) is 0 Å². The molecule has 54 heavy (non-hydrogen) atoms. The number of nitrogens with zero attached hydrogens (tertiary/aromatic N) is 2. The Hall–Kier alpha value is -7.04. The molecular formula is C50H34F2N2. The van der Waals surface area contributed by atoms with Crippen LogP contribution in [-0.2, 0) is 0 Å². The molecule has 2 nitrogen and oxygen atoms in total. The number of fused-ring (bicyclic) bond motifs is 2. The lowest BCUT2D eigenvalue weighted by atomic mass is 9.85. The molecule has 0 aliphatic rings.